The lowest BCUT2D eigenvalue weighted by Crippen LogP contribution is -2.28. The number of hydrogen-bond donors (Lipinski definition) is 1. The van der Waals surface area contributed by atoms with Crippen LogP contribution >= 0.6 is 11.3 Å². The fraction of sp³-hybridized carbons (Fsp3) is 0.786. The van der Waals surface area contributed by atoms with Crippen molar-refractivity contribution >= 4 is 16.5 Å². The van der Waals surface area contributed by atoms with Gasteiger partial charge in [0.1, 0.15) is 0 Å². The van der Waals surface area contributed by atoms with Gasteiger partial charge in [0.25, 0.3) is 0 Å². The van der Waals surface area contributed by atoms with Gasteiger partial charge in [-0.05, 0) is 33.2 Å². The molecular weight excluding hydrogens is 242 g/mol. The van der Waals surface area contributed by atoms with Crippen LogP contribution in [0.25, 0.3) is 0 Å². The molecule has 0 aliphatic heterocycles. The highest BCUT2D eigenvalue weighted by Gasteiger charge is 2.30. The molecule has 0 radical (unpaired) electrons. The van der Waals surface area contributed by atoms with Gasteiger partial charge in [-0.1, -0.05) is 13.3 Å². The van der Waals surface area contributed by atoms with Gasteiger partial charge >= 0.3 is 0 Å². The Bertz CT molecular complexity index is 384. The van der Waals surface area contributed by atoms with E-state index in [1.807, 2.05) is 18.4 Å². The topological polar surface area (TPSA) is 28.2 Å². The van der Waals surface area contributed by atoms with E-state index < -0.39 is 0 Å². The van der Waals surface area contributed by atoms with E-state index in [1.165, 1.54) is 41.4 Å². The number of nitrogens with zero attached hydrogens (tertiary/aromatic N) is 2. The standard InChI is InChI=1S/C14H25N3S/c1-5-6-10(2)17(4)14-16-13(11-7-8-11)12(18-14)9-15-3/h10-11,15H,5-9H2,1-4H3. The van der Waals surface area contributed by atoms with Crippen LogP contribution < -0.4 is 10.2 Å². The summed E-state index contributed by atoms with van der Waals surface area (Å²) in [6, 6.07) is 0.579. The molecule has 4 heteroatoms. The first-order valence-corrected chi connectivity index (χ1v) is 7.86. The smallest absolute Gasteiger partial charge is 0.185 e. The van der Waals surface area contributed by atoms with Gasteiger partial charge in [0.2, 0.25) is 0 Å². The molecule has 1 aromatic heterocycles. The van der Waals surface area contributed by atoms with Crippen molar-refractivity contribution in [1.29, 1.82) is 0 Å². The number of rotatable bonds is 7. The summed E-state index contributed by atoms with van der Waals surface area (Å²) in [5.41, 5.74) is 1.36. The third-order valence-corrected chi connectivity index (χ3v) is 4.85. The van der Waals surface area contributed by atoms with E-state index in [0.29, 0.717) is 6.04 Å². The van der Waals surface area contributed by atoms with E-state index in [2.05, 4.69) is 31.1 Å². The molecule has 0 aromatic carbocycles. The van der Waals surface area contributed by atoms with Crippen molar-refractivity contribution in [2.24, 2.45) is 0 Å². The normalized spacial score (nSPS) is 16.9. The highest BCUT2D eigenvalue weighted by Crippen LogP contribution is 2.44. The molecule has 0 spiro atoms. The predicted molar refractivity (Wildman–Crippen MR) is 79.6 cm³/mol. The highest BCUT2D eigenvalue weighted by atomic mass is 32.1. The van der Waals surface area contributed by atoms with E-state index in [-0.39, 0.29) is 0 Å². The Labute approximate surface area is 115 Å². The average Bonchev–Trinajstić information content (AvgIpc) is 3.11. The number of aromatic nitrogens is 1. The van der Waals surface area contributed by atoms with Crippen molar-refractivity contribution in [1.82, 2.24) is 10.3 Å². The molecule has 1 atom stereocenters. The second-order valence-electron chi connectivity index (χ2n) is 5.36. The van der Waals surface area contributed by atoms with Crippen LogP contribution in [0.15, 0.2) is 0 Å². The molecule has 0 bridgehead atoms. The number of hydrogen-bond acceptors (Lipinski definition) is 4. The van der Waals surface area contributed by atoms with Crippen LogP contribution in [0.5, 0.6) is 0 Å². The molecule has 3 nitrogen and oxygen atoms in total. The first-order chi connectivity index (χ1) is 8.67. The van der Waals surface area contributed by atoms with E-state index >= 15 is 0 Å². The Morgan fingerprint density at radius 2 is 2.22 bits per heavy atom. The highest BCUT2D eigenvalue weighted by molar-refractivity contribution is 7.15. The lowest BCUT2D eigenvalue weighted by Gasteiger charge is -2.23. The first kappa shape index (κ1) is 13.8. The third-order valence-electron chi connectivity index (χ3n) is 3.69. The van der Waals surface area contributed by atoms with Crippen LogP contribution in [0.1, 0.15) is 56.0 Å². The van der Waals surface area contributed by atoms with Crippen molar-refractivity contribution in [2.75, 3.05) is 19.0 Å². The molecule has 1 saturated carbocycles. The lowest BCUT2D eigenvalue weighted by atomic mass is 10.2. The molecule has 2 rings (SSSR count). The quantitative estimate of drug-likeness (QED) is 0.821. The molecule has 18 heavy (non-hydrogen) atoms. The Morgan fingerprint density at radius 1 is 1.50 bits per heavy atom. The number of thiazole rings is 1. The van der Waals surface area contributed by atoms with Gasteiger partial charge in [-0.15, -0.1) is 11.3 Å². The molecule has 1 aromatic rings. The lowest BCUT2D eigenvalue weighted by molar-refractivity contribution is 0.614. The zero-order chi connectivity index (χ0) is 13.1. The van der Waals surface area contributed by atoms with Gasteiger partial charge in [0, 0.05) is 30.4 Å². The van der Waals surface area contributed by atoms with Gasteiger partial charge < -0.3 is 10.2 Å². The van der Waals surface area contributed by atoms with Crippen LogP contribution in [0, 0.1) is 0 Å². The van der Waals surface area contributed by atoms with Gasteiger partial charge in [0.15, 0.2) is 5.13 Å². The molecule has 1 unspecified atom stereocenters. The van der Waals surface area contributed by atoms with Crippen molar-refractivity contribution in [3.05, 3.63) is 10.6 Å². The molecule has 1 aliphatic rings. The molecule has 0 amide bonds. The second kappa shape index (κ2) is 6.02. The monoisotopic (exact) mass is 267 g/mol. The number of anilines is 1. The fourth-order valence-electron chi connectivity index (χ4n) is 2.26. The Balaban J connectivity index is 2.14. The minimum Gasteiger partial charge on any atom is -0.348 e. The maximum absolute atomic E-state index is 4.90. The largest absolute Gasteiger partial charge is 0.348 e. The summed E-state index contributed by atoms with van der Waals surface area (Å²) in [5.74, 6) is 0.744. The molecule has 1 fully saturated rings. The molecule has 1 heterocycles. The van der Waals surface area contributed by atoms with E-state index in [1.54, 1.807) is 0 Å². The Hall–Kier alpha value is -0.610. The zero-order valence-corrected chi connectivity index (χ0v) is 12.8. The fourth-order valence-corrected chi connectivity index (χ4v) is 3.49. The summed E-state index contributed by atoms with van der Waals surface area (Å²) in [6.07, 6.45) is 5.12. The van der Waals surface area contributed by atoms with Crippen molar-refractivity contribution in [2.45, 2.75) is 58.0 Å². The predicted octanol–water partition coefficient (Wildman–Crippen LogP) is 3.36. The van der Waals surface area contributed by atoms with Gasteiger partial charge in [-0.25, -0.2) is 4.98 Å². The van der Waals surface area contributed by atoms with Crippen LogP contribution in [-0.2, 0) is 6.54 Å². The minimum absolute atomic E-state index is 0.579. The molecule has 1 N–H and O–H groups in total. The van der Waals surface area contributed by atoms with Crippen molar-refractivity contribution in [3.63, 3.8) is 0 Å². The number of nitrogens with one attached hydrogen (secondary N) is 1. The Morgan fingerprint density at radius 3 is 2.78 bits per heavy atom. The van der Waals surface area contributed by atoms with Crippen LogP contribution in [0.4, 0.5) is 5.13 Å². The van der Waals surface area contributed by atoms with Gasteiger partial charge in [-0.3, -0.25) is 0 Å². The maximum atomic E-state index is 4.90. The second-order valence-corrected chi connectivity index (χ2v) is 6.42. The van der Waals surface area contributed by atoms with Crippen LogP contribution in [0.3, 0.4) is 0 Å². The minimum atomic E-state index is 0.579. The third kappa shape index (κ3) is 3.04. The summed E-state index contributed by atoms with van der Waals surface area (Å²) >= 11 is 1.87. The van der Waals surface area contributed by atoms with Gasteiger partial charge in [0.05, 0.1) is 5.69 Å². The SMILES string of the molecule is CCCC(C)N(C)c1nc(C2CC2)c(CNC)s1. The first-order valence-electron chi connectivity index (χ1n) is 7.04. The summed E-state index contributed by atoms with van der Waals surface area (Å²) in [7, 11) is 4.19. The van der Waals surface area contributed by atoms with E-state index in [9.17, 15) is 0 Å². The van der Waals surface area contributed by atoms with Crippen LogP contribution in [0.2, 0.25) is 0 Å². The molecular formula is C14H25N3S. The molecule has 102 valence electrons. The maximum Gasteiger partial charge on any atom is 0.185 e. The van der Waals surface area contributed by atoms with Crippen molar-refractivity contribution in [3.8, 4) is 0 Å². The van der Waals surface area contributed by atoms with E-state index in [4.69, 9.17) is 4.98 Å². The summed E-state index contributed by atoms with van der Waals surface area (Å²) in [6.45, 7) is 5.49. The zero-order valence-electron chi connectivity index (χ0n) is 12.0. The van der Waals surface area contributed by atoms with E-state index in [0.717, 1.165) is 12.5 Å². The van der Waals surface area contributed by atoms with Gasteiger partial charge in [-0.2, -0.15) is 0 Å². The Kier molecular flexibility index (Phi) is 4.62. The summed E-state index contributed by atoms with van der Waals surface area (Å²) < 4.78 is 0. The molecule has 1 aliphatic carbocycles. The summed E-state index contributed by atoms with van der Waals surface area (Å²) in [5, 5.41) is 4.46. The summed E-state index contributed by atoms with van der Waals surface area (Å²) in [4.78, 5) is 8.68. The average molecular weight is 267 g/mol. The van der Waals surface area contributed by atoms with Crippen LogP contribution in [-0.4, -0.2) is 25.1 Å². The molecule has 0 saturated heterocycles. The van der Waals surface area contributed by atoms with Crippen molar-refractivity contribution < 1.29 is 0 Å².